The van der Waals surface area contributed by atoms with Crippen molar-refractivity contribution in [2.24, 2.45) is 0 Å². The van der Waals surface area contributed by atoms with Crippen LogP contribution in [0.1, 0.15) is 11.1 Å². The summed E-state index contributed by atoms with van der Waals surface area (Å²) >= 11 is 5.96. The van der Waals surface area contributed by atoms with Crippen molar-refractivity contribution in [3.8, 4) is 5.75 Å². The van der Waals surface area contributed by atoms with Gasteiger partial charge in [0.2, 0.25) is 10.0 Å². The Hall–Kier alpha value is -2.09. The van der Waals surface area contributed by atoms with Crippen molar-refractivity contribution in [2.45, 2.75) is 24.3 Å². The van der Waals surface area contributed by atoms with Crippen LogP contribution in [-0.4, -0.2) is 38.8 Å². The van der Waals surface area contributed by atoms with Crippen LogP contribution in [0.15, 0.2) is 41.3 Å². The molecule has 6 nitrogen and oxygen atoms in total. The van der Waals surface area contributed by atoms with Crippen molar-refractivity contribution >= 4 is 33.2 Å². The Bertz CT molecular complexity index is 973. The van der Waals surface area contributed by atoms with Gasteiger partial charge in [-0.05, 0) is 48.4 Å². The van der Waals surface area contributed by atoms with Gasteiger partial charge < -0.3 is 10.1 Å². The number of aryl methyl sites for hydroxylation is 1. The number of fused-ring (bicyclic) bond motifs is 1. The van der Waals surface area contributed by atoms with E-state index in [4.69, 9.17) is 16.3 Å². The molecule has 0 spiro atoms. The number of carbonyl (C=O) groups excluding carboxylic acids is 1. The third kappa shape index (κ3) is 3.56. The summed E-state index contributed by atoms with van der Waals surface area (Å²) in [5.41, 5.74) is 1.88. The van der Waals surface area contributed by atoms with Crippen molar-refractivity contribution < 1.29 is 17.9 Å². The highest BCUT2D eigenvalue weighted by Gasteiger charge is 2.29. The molecular formula is C18H19ClN2O4S. The summed E-state index contributed by atoms with van der Waals surface area (Å²) in [4.78, 5) is 12.7. The van der Waals surface area contributed by atoms with Gasteiger partial charge in [0.1, 0.15) is 5.75 Å². The van der Waals surface area contributed by atoms with E-state index in [2.05, 4.69) is 5.32 Å². The molecule has 1 atom stereocenters. The van der Waals surface area contributed by atoms with Crippen LogP contribution in [0.3, 0.4) is 0 Å². The number of anilines is 1. The minimum atomic E-state index is -3.60. The third-order valence-electron chi connectivity index (χ3n) is 4.20. The number of rotatable bonds is 4. The number of nitrogens with zero attached hydrogens (tertiary/aromatic N) is 1. The summed E-state index contributed by atoms with van der Waals surface area (Å²) in [5.74, 6) is 0.295. The molecular weight excluding hydrogens is 376 g/mol. The predicted molar refractivity (Wildman–Crippen MR) is 100 cm³/mol. The highest BCUT2D eigenvalue weighted by molar-refractivity contribution is 7.89. The average Bonchev–Trinajstić information content (AvgIpc) is 2.99. The number of sulfonamides is 1. The molecule has 3 rings (SSSR count). The largest absolute Gasteiger partial charge is 0.480 e. The van der Waals surface area contributed by atoms with Gasteiger partial charge in [0.15, 0.2) is 6.10 Å². The van der Waals surface area contributed by atoms with E-state index in [0.29, 0.717) is 28.4 Å². The molecule has 0 bridgehead atoms. The van der Waals surface area contributed by atoms with Crippen LogP contribution >= 0.6 is 11.6 Å². The minimum absolute atomic E-state index is 0.155. The first-order chi connectivity index (χ1) is 12.2. The molecule has 1 N–H and O–H groups in total. The molecule has 1 aliphatic heterocycles. The lowest BCUT2D eigenvalue weighted by molar-refractivity contribution is -0.122. The molecule has 0 saturated heterocycles. The molecule has 0 aliphatic carbocycles. The van der Waals surface area contributed by atoms with E-state index in [1.807, 2.05) is 0 Å². The van der Waals surface area contributed by atoms with E-state index in [9.17, 15) is 13.2 Å². The maximum atomic E-state index is 12.5. The molecule has 0 fully saturated rings. The van der Waals surface area contributed by atoms with Crippen LogP contribution in [0.25, 0.3) is 0 Å². The first-order valence-corrected chi connectivity index (χ1v) is 9.79. The molecule has 1 aliphatic rings. The molecule has 0 aromatic heterocycles. The van der Waals surface area contributed by atoms with E-state index in [1.54, 1.807) is 37.3 Å². The lowest BCUT2D eigenvalue weighted by Crippen LogP contribution is -2.31. The zero-order valence-electron chi connectivity index (χ0n) is 14.6. The maximum Gasteiger partial charge on any atom is 0.265 e. The highest BCUT2D eigenvalue weighted by atomic mass is 35.5. The Morgan fingerprint density at radius 1 is 1.23 bits per heavy atom. The molecule has 0 saturated carbocycles. The van der Waals surface area contributed by atoms with Gasteiger partial charge in [0.05, 0.1) is 4.90 Å². The second-order valence-corrected chi connectivity index (χ2v) is 8.88. The van der Waals surface area contributed by atoms with Crippen molar-refractivity contribution in [1.29, 1.82) is 0 Å². The summed E-state index contributed by atoms with van der Waals surface area (Å²) < 4.78 is 31.6. The number of carbonyl (C=O) groups is 1. The smallest absolute Gasteiger partial charge is 0.265 e. The van der Waals surface area contributed by atoms with Crippen LogP contribution in [0.5, 0.6) is 5.75 Å². The van der Waals surface area contributed by atoms with Gasteiger partial charge in [-0.3, -0.25) is 4.79 Å². The SMILES string of the molecule is Cc1ccc(NC(=O)[C@H]2Cc3cc(Cl)ccc3O2)cc1S(=O)(=O)N(C)C. The van der Waals surface area contributed by atoms with E-state index in [1.165, 1.54) is 20.2 Å². The topological polar surface area (TPSA) is 75.7 Å². The fourth-order valence-corrected chi connectivity index (χ4v) is 4.08. The Morgan fingerprint density at radius 2 is 1.96 bits per heavy atom. The van der Waals surface area contributed by atoms with Crippen molar-refractivity contribution in [2.75, 3.05) is 19.4 Å². The first-order valence-electron chi connectivity index (χ1n) is 7.97. The van der Waals surface area contributed by atoms with Crippen molar-refractivity contribution in [1.82, 2.24) is 4.31 Å². The van der Waals surface area contributed by atoms with Gasteiger partial charge in [-0.15, -0.1) is 0 Å². The van der Waals surface area contributed by atoms with Gasteiger partial charge in [-0.2, -0.15) is 0 Å². The summed E-state index contributed by atoms with van der Waals surface area (Å²) in [6, 6.07) is 10.0. The summed E-state index contributed by atoms with van der Waals surface area (Å²) in [7, 11) is -0.663. The Balaban J connectivity index is 1.79. The zero-order valence-corrected chi connectivity index (χ0v) is 16.2. The Labute approximate surface area is 157 Å². The molecule has 1 heterocycles. The van der Waals surface area contributed by atoms with Crippen molar-refractivity contribution in [3.05, 3.63) is 52.5 Å². The lowest BCUT2D eigenvalue weighted by atomic mass is 10.1. The van der Waals surface area contributed by atoms with Gasteiger partial charge in [0.25, 0.3) is 5.91 Å². The second-order valence-electron chi connectivity index (χ2n) is 6.32. The van der Waals surface area contributed by atoms with E-state index in [0.717, 1.165) is 9.87 Å². The summed E-state index contributed by atoms with van der Waals surface area (Å²) in [6.45, 7) is 1.71. The minimum Gasteiger partial charge on any atom is -0.480 e. The van der Waals surface area contributed by atoms with Crippen LogP contribution in [0.2, 0.25) is 5.02 Å². The fourth-order valence-electron chi connectivity index (χ4n) is 2.74. The normalized spacial score (nSPS) is 16.3. The van der Waals surface area contributed by atoms with Crippen LogP contribution in [0.4, 0.5) is 5.69 Å². The average molecular weight is 395 g/mol. The van der Waals surface area contributed by atoms with E-state index >= 15 is 0 Å². The second kappa shape index (κ2) is 6.90. The standard InChI is InChI=1S/C18H19ClN2O4S/c1-11-4-6-14(10-17(11)26(23,24)21(2)3)20-18(22)16-9-12-8-13(19)5-7-15(12)25-16/h4-8,10,16H,9H2,1-3H3,(H,20,22)/t16-/m1/s1. The first kappa shape index (κ1) is 18.7. The monoisotopic (exact) mass is 394 g/mol. The van der Waals surface area contributed by atoms with Gasteiger partial charge in [-0.1, -0.05) is 17.7 Å². The summed E-state index contributed by atoms with van der Waals surface area (Å²) in [6.07, 6.45) is -0.269. The maximum absolute atomic E-state index is 12.5. The van der Waals surface area contributed by atoms with Crippen molar-refractivity contribution in [3.63, 3.8) is 0 Å². The van der Waals surface area contributed by atoms with E-state index in [-0.39, 0.29) is 10.8 Å². The Kier molecular flexibility index (Phi) is 4.96. The quantitative estimate of drug-likeness (QED) is 0.865. The van der Waals surface area contributed by atoms with Gasteiger partial charge >= 0.3 is 0 Å². The molecule has 0 radical (unpaired) electrons. The van der Waals surface area contributed by atoms with Gasteiger partial charge in [0, 0.05) is 31.2 Å². The molecule has 8 heteroatoms. The zero-order chi connectivity index (χ0) is 19.1. The van der Waals surface area contributed by atoms with E-state index < -0.39 is 16.1 Å². The molecule has 26 heavy (non-hydrogen) atoms. The number of halogens is 1. The molecule has 1 amide bonds. The molecule has 2 aromatic carbocycles. The number of ether oxygens (including phenoxy) is 1. The Morgan fingerprint density at radius 3 is 2.65 bits per heavy atom. The molecule has 138 valence electrons. The lowest BCUT2D eigenvalue weighted by Gasteiger charge is -2.16. The fraction of sp³-hybridized carbons (Fsp3) is 0.278. The number of hydrogen-bond acceptors (Lipinski definition) is 4. The number of hydrogen-bond donors (Lipinski definition) is 1. The molecule has 0 unspecified atom stereocenters. The number of nitrogens with one attached hydrogen (secondary N) is 1. The number of benzene rings is 2. The predicted octanol–water partition coefficient (Wildman–Crippen LogP) is 2.84. The highest BCUT2D eigenvalue weighted by Crippen LogP contribution is 2.31. The third-order valence-corrected chi connectivity index (χ3v) is 6.40. The summed E-state index contributed by atoms with van der Waals surface area (Å²) in [5, 5.41) is 3.32. The van der Waals surface area contributed by atoms with Crippen LogP contribution < -0.4 is 10.1 Å². The number of amides is 1. The molecule has 2 aromatic rings. The van der Waals surface area contributed by atoms with Crippen LogP contribution in [-0.2, 0) is 21.2 Å². The van der Waals surface area contributed by atoms with Crippen LogP contribution in [0, 0.1) is 6.92 Å². The van der Waals surface area contributed by atoms with Gasteiger partial charge in [-0.25, -0.2) is 12.7 Å².